The van der Waals surface area contributed by atoms with Crippen LogP contribution in [0.2, 0.25) is 0 Å². The van der Waals surface area contributed by atoms with Crippen LogP contribution in [0.1, 0.15) is 42.7 Å². The number of nitrogens with zero attached hydrogens (tertiary/aromatic N) is 1. The lowest BCUT2D eigenvalue weighted by molar-refractivity contribution is 0.0937. The molecule has 23 heavy (non-hydrogen) atoms. The number of aryl methyl sites for hydroxylation is 1. The van der Waals surface area contributed by atoms with Crippen molar-refractivity contribution < 1.29 is 4.79 Å². The van der Waals surface area contributed by atoms with E-state index in [-0.39, 0.29) is 16.7 Å². The van der Waals surface area contributed by atoms with Gasteiger partial charge in [-0.15, -0.1) is 0 Å². The molecule has 0 bridgehead atoms. The summed E-state index contributed by atoms with van der Waals surface area (Å²) in [6.07, 6.45) is 1.47. The van der Waals surface area contributed by atoms with Crippen LogP contribution in [0.25, 0.3) is 11.0 Å². The molecular formula is C15H21N5O3. The molecule has 2 aromatic heterocycles. The van der Waals surface area contributed by atoms with E-state index in [2.05, 4.69) is 20.3 Å². The van der Waals surface area contributed by atoms with Crippen LogP contribution in [0.3, 0.4) is 0 Å². The lowest BCUT2D eigenvalue weighted by Gasteiger charge is -2.26. The van der Waals surface area contributed by atoms with E-state index >= 15 is 0 Å². The van der Waals surface area contributed by atoms with Gasteiger partial charge in [0.15, 0.2) is 0 Å². The molecule has 0 aliphatic carbocycles. The standard InChI is InChI=1S/C15H21N5O3/c1-4-15(16,5-2)7-17-12(21)9-6-8(3)10-11(18-9)19-14(23)20-13(10)22/h6H,4-5,7,16H2,1-3H3,(H,17,21)(H2,18,19,20,22,23). The Morgan fingerprint density at radius 2 is 1.96 bits per heavy atom. The van der Waals surface area contributed by atoms with Crippen molar-refractivity contribution >= 4 is 16.9 Å². The van der Waals surface area contributed by atoms with Crippen molar-refractivity contribution in [1.29, 1.82) is 0 Å². The Morgan fingerprint density at radius 3 is 2.57 bits per heavy atom. The van der Waals surface area contributed by atoms with Crippen LogP contribution in [-0.2, 0) is 0 Å². The van der Waals surface area contributed by atoms with Crippen molar-refractivity contribution in [2.45, 2.75) is 39.2 Å². The summed E-state index contributed by atoms with van der Waals surface area (Å²) in [4.78, 5) is 44.1. The predicted octanol–water partition coefficient (Wildman–Crippen LogP) is 0.167. The Morgan fingerprint density at radius 1 is 1.30 bits per heavy atom. The van der Waals surface area contributed by atoms with Crippen molar-refractivity contribution in [3.8, 4) is 0 Å². The van der Waals surface area contributed by atoms with Crippen molar-refractivity contribution in [1.82, 2.24) is 20.3 Å². The molecule has 0 aliphatic heterocycles. The first kappa shape index (κ1) is 16.9. The summed E-state index contributed by atoms with van der Waals surface area (Å²) in [5.74, 6) is -0.396. The van der Waals surface area contributed by atoms with Gasteiger partial charge in [0.2, 0.25) is 0 Å². The van der Waals surface area contributed by atoms with Crippen LogP contribution in [0.5, 0.6) is 0 Å². The van der Waals surface area contributed by atoms with Gasteiger partial charge in [0.1, 0.15) is 11.3 Å². The molecule has 1 amide bonds. The number of H-pyrrole nitrogens is 2. The Kier molecular flexibility index (Phi) is 4.65. The van der Waals surface area contributed by atoms with E-state index in [4.69, 9.17) is 5.73 Å². The van der Waals surface area contributed by atoms with Gasteiger partial charge >= 0.3 is 5.69 Å². The second kappa shape index (κ2) is 6.33. The fraction of sp³-hybridized carbons (Fsp3) is 0.467. The lowest BCUT2D eigenvalue weighted by atomic mass is 9.94. The number of hydrogen-bond acceptors (Lipinski definition) is 5. The van der Waals surface area contributed by atoms with Crippen LogP contribution in [0.4, 0.5) is 0 Å². The Bertz CT molecular complexity index is 848. The molecule has 8 heteroatoms. The van der Waals surface area contributed by atoms with Gasteiger partial charge < -0.3 is 11.1 Å². The lowest BCUT2D eigenvalue weighted by Crippen LogP contribution is -2.49. The molecule has 0 aliphatic rings. The van der Waals surface area contributed by atoms with E-state index in [1.807, 2.05) is 13.8 Å². The highest BCUT2D eigenvalue weighted by Crippen LogP contribution is 2.12. The smallest absolute Gasteiger partial charge is 0.327 e. The average Bonchev–Trinajstić information content (AvgIpc) is 2.51. The number of carbonyl (C=O) groups is 1. The molecule has 0 saturated heterocycles. The first-order valence-corrected chi connectivity index (χ1v) is 7.50. The zero-order chi connectivity index (χ0) is 17.2. The minimum Gasteiger partial charge on any atom is -0.349 e. The topological polar surface area (TPSA) is 134 Å². The number of rotatable bonds is 5. The molecule has 2 heterocycles. The van der Waals surface area contributed by atoms with Crippen molar-refractivity contribution in [2.75, 3.05) is 6.54 Å². The van der Waals surface area contributed by atoms with Gasteiger partial charge in [-0.25, -0.2) is 9.78 Å². The maximum Gasteiger partial charge on any atom is 0.327 e. The number of carbonyl (C=O) groups excluding carboxylic acids is 1. The van der Waals surface area contributed by atoms with E-state index in [0.717, 1.165) is 12.8 Å². The first-order chi connectivity index (χ1) is 10.8. The van der Waals surface area contributed by atoms with Crippen LogP contribution in [-0.4, -0.2) is 32.9 Å². The molecule has 0 unspecified atom stereocenters. The molecule has 0 aromatic carbocycles. The van der Waals surface area contributed by atoms with Crippen LogP contribution in [0, 0.1) is 6.92 Å². The van der Waals surface area contributed by atoms with Gasteiger partial charge in [-0.05, 0) is 31.4 Å². The molecule has 8 nitrogen and oxygen atoms in total. The third kappa shape index (κ3) is 3.48. The molecule has 0 atom stereocenters. The maximum atomic E-state index is 12.3. The van der Waals surface area contributed by atoms with Gasteiger partial charge in [-0.3, -0.25) is 19.6 Å². The molecular weight excluding hydrogens is 298 g/mol. The summed E-state index contributed by atoms with van der Waals surface area (Å²) in [6, 6.07) is 1.52. The van der Waals surface area contributed by atoms with E-state index < -0.39 is 22.7 Å². The zero-order valence-corrected chi connectivity index (χ0v) is 13.4. The highest BCUT2D eigenvalue weighted by atomic mass is 16.2. The van der Waals surface area contributed by atoms with Crippen molar-refractivity contribution in [2.24, 2.45) is 5.73 Å². The predicted molar refractivity (Wildman–Crippen MR) is 87.6 cm³/mol. The minimum atomic E-state index is -0.662. The summed E-state index contributed by atoms with van der Waals surface area (Å²) in [7, 11) is 0. The molecule has 2 rings (SSSR count). The van der Waals surface area contributed by atoms with E-state index in [9.17, 15) is 14.4 Å². The quantitative estimate of drug-likeness (QED) is 0.623. The Labute approximate surface area is 132 Å². The van der Waals surface area contributed by atoms with E-state index in [0.29, 0.717) is 12.1 Å². The van der Waals surface area contributed by atoms with E-state index in [1.165, 1.54) is 6.07 Å². The fourth-order valence-electron chi connectivity index (χ4n) is 2.32. The van der Waals surface area contributed by atoms with E-state index in [1.54, 1.807) is 6.92 Å². The highest BCUT2D eigenvalue weighted by Gasteiger charge is 2.22. The number of hydrogen-bond donors (Lipinski definition) is 4. The summed E-state index contributed by atoms with van der Waals surface area (Å²) in [5, 5.41) is 3.02. The third-order valence-corrected chi connectivity index (χ3v) is 4.14. The number of amides is 1. The number of aromatic amines is 2. The van der Waals surface area contributed by atoms with Gasteiger partial charge in [-0.2, -0.15) is 0 Å². The number of pyridine rings is 1. The molecule has 5 N–H and O–H groups in total. The normalized spacial score (nSPS) is 11.7. The summed E-state index contributed by atoms with van der Waals surface area (Å²) in [5.41, 5.74) is 5.28. The highest BCUT2D eigenvalue weighted by molar-refractivity contribution is 5.95. The SMILES string of the molecule is CCC(N)(CC)CNC(=O)c1cc(C)c2c(=O)[nH]c(=O)[nH]c2n1. The first-order valence-electron chi connectivity index (χ1n) is 7.50. The molecule has 2 aromatic rings. The fourth-order valence-corrected chi connectivity index (χ4v) is 2.32. The van der Waals surface area contributed by atoms with Crippen LogP contribution >= 0.6 is 0 Å². The molecule has 0 spiro atoms. The van der Waals surface area contributed by atoms with Crippen LogP contribution < -0.4 is 22.3 Å². The zero-order valence-electron chi connectivity index (χ0n) is 13.4. The average molecular weight is 319 g/mol. The number of nitrogens with two attached hydrogens (primary N) is 1. The number of nitrogens with one attached hydrogen (secondary N) is 3. The van der Waals surface area contributed by atoms with Gasteiger partial charge in [0, 0.05) is 12.1 Å². The molecule has 0 radical (unpaired) electrons. The number of fused-ring (bicyclic) bond motifs is 1. The molecule has 0 saturated carbocycles. The molecule has 124 valence electrons. The Balaban J connectivity index is 2.35. The minimum absolute atomic E-state index is 0.0916. The summed E-state index contributed by atoms with van der Waals surface area (Å²) < 4.78 is 0. The monoisotopic (exact) mass is 319 g/mol. The van der Waals surface area contributed by atoms with Crippen molar-refractivity contribution in [3.05, 3.63) is 38.2 Å². The Hall–Kier alpha value is -2.48. The van der Waals surface area contributed by atoms with Gasteiger partial charge in [-0.1, -0.05) is 13.8 Å². The van der Waals surface area contributed by atoms with Crippen molar-refractivity contribution in [3.63, 3.8) is 0 Å². The second-order valence-electron chi connectivity index (χ2n) is 5.71. The van der Waals surface area contributed by atoms with Crippen LogP contribution in [0.15, 0.2) is 15.7 Å². The second-order valence-corrected chi connectivity index (χ2v) is 5.71. The third-order valence-electron chi connectivity index (χ3n) is 4.14. The summed E-state index contributed by atoms with van der Waals surface area (Å²) in [6.45, 7) is 5.93. The maximum absolute atomic E-state index is 12.3. The molecule has 0 fully saturated rings. The summed E-state index contributed by atoms with van der Waals surface area (Å²) >= 11 is 0. The van der Waals surface area contributed by atoms with Gasteiger partial charge in [0.25, 0.3) is 11.5 Å². The number of aromatic nitrogens is 3. The van der Waals surface area contributed by atoms with Gasteiger partial charge in [0.05, 0.1) is 5.39 Å². The largest absolute Gasteiger partial charge is 0.349 e.